The molecule has 1 aromatic heterocycles. The van der Waals surface area contributed by atoms with Crippen molar-refractivity contribution in [2.24, 2.45) is 0 Å². The summed E-state index contributed by atoms with van der Waals surface area (Å²) in [6, 6.07) is 27.0. The lowest BCUT2D eigenvalue weighted by Crippen LogP contribution is -2.35. The average Bonchev–Trinajstić information content (AvgIpc) is 3.38. The van der Waals surface area contributed by atoms with Crippen molar-refractivity contribution in [3.8, 4) is 0 Å². The number of nitrogens with zero attached hydrogens (tertiary/aromatic N) is 1. The molecule has 2 unspecified atom stereocenters. The van der Waals surface area contributed by atoms with Gasteiger partial charge in [0.05, 0.1) is 23.3 Å². The van der Waals surface area contributed by atoms with E-state index in [0.29, 0.717) is 12.8 Å². The van der Waals surface area contributed by atoms with Crippen LogP contribution in [0.4, 0.5) is 5.69 Å². The number of benzene rings is 3. The summed E-state index contributed by atoms with van der Waals surface area (Å²) in [5, 5.41) is 6.02. The number of rotatable bonds is 11. The van der Waals surface area contributed by atoms with Gasteiger partial charge in [0.15, 0.2) is 0 Å². The second-order valence-electron chi connectivity index (χ2n) is 8.63. The smallest absolute Gasteiger partial charge is 0.346 e. The van der Waals surface area contributed by atoms with Crippen LogP contribution >= 0.6 is 11.3 Å². The van der Waals surface area contributed by atoms with Crippen LogP contribution in [-0.2, 0) is 34.4 Å². The Balaban J connectivity index is 1.59. The summed E-state index contributed by atoms with van der Waals surface area (Å²) in [5.74, 6) is -0.486. The van der Waals surface area contributed by atoms with E-state index in [-0.39, 0.29) is 17.5 Å². The van der Waals surface area contributed by atoms with Crippen LogP contribution in [0.2, 0.25) is 0 Å². The molecule has 0 aliphatic rings. The maximum absolute atomic E-state index is 13.8. The van der Waals surface area contributed by atoms with Crippen LogP contribution in [0.3, 0.4) is 0 Å². The Hall–Kier alpha value is -3.53. The van der Waals surface area contributed by atoms with Gasteiger partial charge in [0.25, 0.3) is 0 Å². The molecule has 0 spiro atoms. The molecular weight excluding hydrogens is 506 g/mol. The van der Waals surface area contributed by atoms with Crippen molar-refractivity contribution >= 4 is 33.2 Å². The summed E-state index contributed by atoms with van der Waals surface area (Å²) in [7, 11) is -4.37. The number of carbonyl (C=O) groups excluding carboxylic acids is 1. The third-order valence-corrected chi connectivity index (χ3v) is 7.40. The van der Waals surface area contributed by atoms with Crippen LogP contribution in [0.5, 0.6) is 0 Å². The molecule has 37 heavy (non-hydrogen) atoms. The van der Waals surface area contributed by atoms with Gasteiger partial charge in [-0.05, 0) is 54.2 Å². The molecule has 1 heterocycles. The molecule has 1 radical (unpaired) electrons. The summed E-state index contributed by atoms with van der Waals surface area (Å²) in [6.07, 6.45) is 1.77. The van der Waals surface area contributed by atoms with Crippen molar-refractivity contribution in [2.75, 3.05) is 4.72 Å². The van der Waals surface area contributed by atoms with Gasteiger partial charge in [0, 0.05) is 5.38 Å². The van der Waals surface area contributed by atoms with E-state index in [1.165, 1.54) is 17.4 Å². The lowest BCUT2D eigenvalue weighted by molar-refractivity contribution is -0.123. The lowest BCUT2D eigenvalue weighted by Gasteiger charge is -2.22. The number of hydrogen-bond donors (Lipinski definition) is 3. The quantitative estimate of drug-likeness (QED) is 0.231. The van der Waals surface area contributed by atoms with E-state index in [9.17, 15) is 13.2 Å². The molecule has 2 atom stereocenters. The number of amides is 1. The van der Waals surface area contributed by atoms with E-state index in [1.807, 2.05) is 77.7 Å². The average molecular weight is 535 g/mol. The lowest BCUT2D eigenvalue weighted by atomic mass is 9.90. The van der Waals surface area contributed by atoms with Gasteiger partial charge in [-0.3, -0.25) is 14.1 Å². The Kier molecular flexibility index (Phi) is 8.70. The third-order valence-electron chi connectivity index (χ3n) is 5.90. The van der Waals surface area contributed by atoms with Crippen LogP contribution in [-0.4, -0.2) is 23.9 Å². The highest BCUT2D eigenvalue weighted by molar-refractivity contribution is 7.87. The minimum Gasteiger partial charge on any atom is -0.346 e. The molecule has 3 N–H and O–H groups in total. The molecule has 4 rings (SSSR count). The van der Waals surface area contributed by atoms with Crippen LogP contribution < -0.4 is 10.0 Å². The fourth-order valence-corrected chi connectivity index (χ4v) is 5.41. The molecule has 0 bridgehead atoms. The van der Waals surface area contributed by atoms with E-state index in [2.05, 4.69) is 11.4 Å². The first-order valence-electron chi connectivity index (χ1n) is 11.9. The zero-order valence-electron chi connectivity index (χ0n) is 20.3. The fourth-order valence-electron chi connectivity index (χ4n) is 4.03. The number of carbonyl (C=O) groups is 1. The van der Waals surface area contributed by atoms with Crippen LogP contribution in [0.1, 0.15) is 46.3 Å². The maximum atomic E-state index is 13.8. The Bertz CT molecular complexity index is 1410. The first kappa shape index (κ1) is 26.5. The minimum atomic E-state index is -4.37. The van der Waals surface area contributed by atoms with Crippen LogP contribution in [0, 0.1) is 6.07 Å². The Morgan fingerprint density at radius 2 is 1.73 bits per heavy atom. The van der Waals surface area contributed by atoms with Crippen molar-refractivity contribution < 1.29 is 17.8 Å². The highest BCUT2D eigenvalue weighted by Crippen LogP contribution is 2.27. The molecule has 7 nitrogen and oxygen atoms in total. The molecule has 191 valence electrons. The van der Waals surface area contributed by atoms with Gasteiger partial charge in [-0.1, -0.05) is 73.7 Å². The Morgan fingerprint density at radius 1 is 1.03 bits per heavy atom. The summed E-state index contributed by atoms with van der Waals surface area (Å²) < 4.78 is 33.2. The van der Waals surface area contributed by atoms with Crippen molar-refractivity contribution in [1.82, 2.24) is 10.3 Å². The maximum Gasteiger partial charge on any atom is 0.357 e. The zero-order chi connectivity index (χ0) is 26.3. The summed E-state index contributed by atoms with van der Waals surface area (Å²) in [6.45, 7) is 2.03. The third kappa shape index (κ3) is 7.72. The van der Waals surface area contributed by atoms with E-state index in [4.69, 9.17) is 9.54 Å². The van der Waals surface area contributed by atoms with Crippen molar-refractivity contribution in [3.63, 3.8) is 0 Å². The molecule has 4 aromatic rings. The number of aromatic nitrogens is 1. The van der Waals surface area contributed by atoms with Crippen molar-refractivity contribution in [1.29, 1.82) is 0 Å². The Morgan fingerprint density at radius 3 is 2.32 bits per heavy atom. The first-order chi connectivity index (χ1) is 17.8. The molecule has 9 heteroatoms. The van der Waals surface area contributed by atoms with Crippen LogP contribution in [0.25, 0.3) is 0 Å². The topological polar surface area (TPSA) is 108 Å². The summed E-state index contributed by atoms with van der Waals surface area (Å²) >= 11 is 1.50. The van der Waals surface area contributed by atoms with Gasteiger partial charge < -0.3 is 5.32 Å². The van der Waals surface area contributed by atoms with E-state index in [0.717, 1.165) is 33.8 Å². The molecule has 0 fully saturated rings. The Labute approximate surface area is 221 Å². The number of nitrogens with one attached hydrogen (secondary N) is 2. The molecule has 0 aliphatic carbocycles. The number of aryl methyl sites for hydroxylation is 1. The minimum absolute atomic E-state index is 0.0991. The molecule has 0 saturated heterocycles. The number of hydrogen-bond acceptors (Lipinski definition) is 5. The summed E-state index contributed by atoms with van der Waals surface area (Å²) in [5.41, 5.74) is 3.92. The SMILES string of the molecule is CCc1csc(C(Cc2[c]cc(NS(=O)(=O)O)cc2)NC(=O)C(Cc2ccccc2)c2ccccc2)n1. The fraction of sp³-hybridized carbons (Fsp3) is 0.214. The van der Waals surface area contributed by atoms with E-state index < -0.39 is 16.3 Å². The van der Waals surface area contributed by atoms with E-state index in [1.54, 1.807) is 12.1 Å². The normalized spacial score (nSPS) is 13.0. The predicted molar refractivity (Wildman–Crippen MR) is 146 cm³/mol. The summed E-state index contributed by atoms with van der Waals surface area (Å²) in [4.78, 5) is 18.5. The van der Waals surface area contributed by atoms with Gasteiger partial charge in [0.2, 0.25) is 5.91 Å². The standard InChI is InChI=1S/C28H28N3O4S2/c1-2-23-19-36-28(29-23)26(18-21-13-15-24(16-14-21)31-37(33,34)35)30-27(32)25(22-11-7-4-8-12-22)17-20-9-5-3-6-10-20/h3-13,15-16,19,25-26,31H,2,17-18H2,1H3,(H,30,32)(H,33,34,35). The molecule has 0 saturated carbocycles. The molecule has 1 amide bonds. The van der Waals surface area contributed by atoms with Gasteiger partial charge in [-0.25, -0.2) is 4.98 Å². The van der Waals surface area contributed by atoms with Crippen LogP contribution in [0.15, 0.2) is 84.2 Å². The highest BCUT2D eigenvalue weighted by Gasteiger charge is 2.26. The first-order valence-corrected chi connectivity index (χ1v) is 14.2. The monoisotopic (exact) mass is 534 g/mol. The molecule has 0 aliphatic heterocycles. The van der Waals surface area contributed by atoms with Gasteiger partial charge in [-0.15, -0.1) is 11.3 Å². The van der Waals surface area contributed by atoms with Gasteiger partial charge in [-0.2, -0.15) is 8.42 Å². The van der Waals surface area contributed by atoms with Gasteiger partial charge >= 0.3 is 10.3 Å². The zero-order valence-corrected chi connectivity index (χ0v) is 21.9. The van der Waals surface area contributed by atoms with Crippen molar-refractivity contribution in [3.05, 3.63) is 118 Å². The number of thiazole rings is 1. The predicted octanol–water partition coefficient (Wildman–Crippen LogP) is 5.15. The van der Waals surface area contributed by atoms with Gasteiger partial charge in [0.1, 0.15) is 5.01 Å². The van der Waals surface area contributed by atoms with E-state index >= 15 is 0 Å². The second-order valence-corrected chi connectivity index (χ2v) is 10.7. The van der Waals surface area contributed by atoms with Crippen molar-refractivity contribution in [2.45, 2.75) is 38.1 Å². The second kappa shape index (κ2) is 12.1. The molecule has 3 aromatic carbocycles. The highest BCUT2D eigenvalue weighted by atomic mass is 32.2. The number of anilines is 1. The molecular formula is C28H28N3O4S2. The largest absolute Gasteiger partial charge is 0.357 e.